The summed E-state index contributed by atoms with van der Waals surface area (Å²) in [6, 6.07) is 7.94. The lowest BCUT2D eigenvalue weighted by Crippen LogP contribution is -2.01. The van der Waals surface area contributed by atoms with E-state index in [2.05, 4.69) is 0 Å². The van der Waals surface area contributed by atoms with Gasteiger partial charge in [0.25, 0.3) is 0 Å². The van der Waals surface area contributed by atoms with Crippen LogP contribution in [0.2, 0.25) is 0 Å². The number of hydrogen-bond donors (Lipinski definition) is 1. The Bertz CT molecular complexity index is 474. The van der Waals surface area contributed by atoms with Gasteiger partial charge < -0.3 is 14.9 Å². The summed E-state index contributed by atoms with van der Waals surface area (Å²) < 4.78 is 11.2. The Kier molecular flexibility index (Phi) is 3.27. The number of rotatable bonds is 4. The van der Waals surface area contributed by atoms with Crippen molar-refractivity contribution < 1.29 is 9.15 Å². The molecule has 0 spiro atoms. The van der Waals surface area contributed by atoms with Gasteiger partial charge >= 0.3 is 0 Å². The maximum Gasteiger partial charge on any atom is 0.134 e. The first-order chi connectivity index (χ1) is 7.70. The van der Waals surface area contributed by atoms with Crippen LogP contribution in [0.25, 0.3) is 11.0 Å². The van der Waals surface area contributed by atoms with Crippen LogP contribution >= 0.6 is 0 Å². The minimum atomic E-state index is 0.210. The number of benzene rings is 1. The fourth-order valence-electron chi connectivity index (χ4n) is 1.67. The molecule has 0 aliphatic heterocycles. The predicted octanol–water partition coefficient (Wildman–Crippen LogP) is 2.82. The number of furan rings is 1. The van der Waals surface area contributed by atoms with Crippen LogP contribution in [-0.4, -0.2) is 6.10 Å². The molecular formula is C13H17NO2. The first-order valence-electron chi connectivity index (χ1n) is 5.52. The number of hydrogen-bond acceptors (Lipinski definition) is 3. The molecule has 0 aliphatic carbocycles. The Morgan fingerprint density at radius 3 is 2.88 bits per heavy atom. The highest BCUT2D eigenvalue weighted by Gasteiger charge is 2.07. The molecule has 0 amide bonds. The summed E-state index contributed by atoms with van der Waals surface area (Å²) in [5.41, 5.74) is 7.66. The summed E-state index contributed by atoms with van der Waals surface area (Å²) in [5.74, 6) is 0.851. The van der Waals surface area contributed by atoms with Gasteiger partial charge in [0.1, 0.15) is 18.0 Å². The molecule has 3 heteroatoms. The Labute approximate surface area is 95.2 Å². The van der Waals surface area contributed by atoms with E-state index in [1.165, 1.54) is 0 Å². The molecule has 86 valence electrons. The first kappa shape index (κ1) is 11.2. The lowest BCUT2D eigenvalue weighted by atomic mass is 10.1. The van der Waals surface area contributed by atoms with Gasteiger partial charge in [0, 0.05) is 11.9 Å². The standard InChI is InChI=1S/C13H17NO2/c1-9(2)15-8-11-6-12-10(7-14)4-3-5-13(12)16-11/h3-6,9H,7-8,14H2,1-2H3. The number of nitrogens with two attached hydrogens (primary N) is 1. The lowest BCUT2D eigenvalue weighted by Gasteiger charge is -2.03. The van der Waals surface area contributed by atoms with Crippen LogP contribution in [0.4, 0.5) is 0 Å². The van der Waals surface area contributed by atoms with E-state index in [4.69, 9.17) is 14.9 Å². The average molecular weight is 219 g/mol. The van der Waals surface area contributed by atoms with Crippen LogP contribution < -0.4 is 5.73 Å². The maximum absolute atomic E-state index is 5.68. The number of fused-ring (bicyclic) bond motifs is 1. The van der Waals surface area contributed by atoms with Crippen molar-refractivity contribution in [3.05, 3.63) is 35.6 Å². The third kappa shape index (κ3) is 2.26. The molecule has 0 fully saturated rings. The second kappa shape index (κ2) is 4.68. The molecule has 3 nitrogen and oxygen atoms in total. The zero-order valence-electron chi connectivity index (χ0n) is 9.69. The summed E-state index contributed by atoms with van der Waals surface area (Å²) in [5, 5.41) is 1.09. The number of ether oxygens (including phenoxy) is 1. The van der Waals surface area contributed by atoms with Crippen molar-refractivity contribution in [2.45, 2.75) is 33.1 Å². The molecule has 0 saturated heterocycles. The van der Waals surface area contributed by atoms with E-state index in [9.17, 15) is 0 Å². The minimum absolute atomic E-state index is 0.210. The zero-order chi connectivity index (χ0) is 11.5. The summed E-state index contributed by atoms with van der Waals surface area (Å²) in [6.45, 7) is 5.06. The van der Waals surface area contributed by atoms with Gasteiger partial charge in [-0.15, -0.1) is 0 Å². The monoisotopic (exact) mass is 219 g/mol. The fraction of sp³-hybridized carbons (Fsp3) is 0.385. The molecule has 2 rings (SSSR count). The zero-order valence-corrected chi connectivity index (χ0v) is 9.69. The molecule has 1 aromatic heterocycles. The summed E-state index contributed by atoms with van der Waals surface area (Å²) in [4.78, 5) is 0. The van der Waals surface area contributed by atoms with Crippen LogP contribution in [0.1, 0.15) is 25.2 Å². The van der Waals surface area contributed by atoms with E-state index < -0.39 is 0 Å². The molecule has 16 heavy (non-hydrogen) atoms. The van der Waals surface area contributed by atoms with E-state index in [1.807, 2.05) is 38.1 Å². The van der Waals surface area contributed by atoms with Gasteiger partial charge in [0.2, 0.25) is 0 Å². The van der Waals surface area contributed by atoms with Gasteiger partial charge in [0.15, 0.2) is 0 Å². The molecule has 1 aromatic carbocycles. The van der Waals surface area contributed by atoms with Crippen LogP contribution in [0.15, 0.2) is 28.7 Å². The van der Waals surface area contributed by atoms with E-state index in [0.717, 1.165) is 22.3 Å². The van der Waals surface area contributed by atoms with Gasteiger partial charge in [-0.1, -0.05) is 12.1 Å². The van der Waals surface area contributed by atoms with Crippen LogP contribution in [-0.2, 0) is 17.9 Å². The minimum Gasteiger partial charge on any atom is -0.459 e. The lowest BCUT2D eigenvalue weighted by molar-refractivity contribution is 0.0553. The smallest absolute Gasteiger partial charge is 0.134 e. The third-order valence-electron chi connectivity index (χ3n) is 2.48. The molecule has 0 radical (unpaired) electrons. The molecular weight excluding hydrogens is 202 g/mol. The fourth-order valence-corrected chi connectivity index (χ4v) is 1.67. The normalized spacial score (nSPS) is 11.5. The van der Waals surface area contributed by atoms with Gasteiger partial charge in [-0.2, -0.15) is 0 Å². The molecule has 1 heterocycles. The molecule has 2 N–H and O–H groups in total. The molecule has 0 saturated carbocycles. The van der Waals surface area contributed by atoms with Crippen molar-refractivity contribution >= 4 is 11.0 Å². The Morgan fingerprint density at radius 1 is 1.38 bits per heavy atom. The van der Waals surface area contributed by atoms with Gasteiger partial charge in [-0.3, -0.25) is 0 Å². The van der Waals surface area contributed by atoms with Gasteiger partial charge in [-0.25, -0.2) is 0 Å². The highest BCUT2D eigenvalue weighted by atomic mass is 16.5. The molecule has 0 aliphatic rings. The first-order valence-corrected chi connectivity index (χ1v) is 5.52. The summed E-state index contributed by atoms with van der Waals surface area (Å²) in [6.07, 6.45) is 0.210. The maximum atomic E-state index is 5.68. The Hall–Kier alpha value is -1.32. The second-order valence-corrected chi connectivity index (χ2v) is 4.11. The Balaban J connectivity index is 2.29. The molecule has 0 unspecified atom stereocenters. The van der Waals surface area contributed by atoms with Crippen molar-refractivity contribution in [2.24, 2.45) is 5.73 Å². The highest BCUT2D eigenvalue weighted by Crippen LogP contribution is 2.23. The Morgan fingerprint density at radius 2 is 2.19 bits per heavy atom. The van der Waals surface area contributed by atoms with Crippen LogP contribution in [0, 0.1) is 0 Å². The van der Waals surface area contributed by atoms with Crippen molar-refractivity contribution in [3.8, 4) is 0 Å². The SMILES string of the molecule is CC(C)OCc1cc2c(CN)cccc2o1. The van der Waals surface area contributed by atoms with Gasteiger partial charge in [-0.05, 0) is 31.5 Å². The molecule has 0 atom stereocenters. The summed E-state index contributed by atoms with van der Waals surface area (Å²) in [7, 11) is 0. The average Bonchev–Trinajstić information content (AvgIpc) is 2.68. The molecule has 2 aromatic rings. The largest absolute Gasteiger partial charge is 0.459 e. The topological polar surface area (TPSA) is 48.4 Å². The van der Waals surface area contributed by atoms with Gasteiger partial charge in [0.05, 0.1) is 6.10 Å². The second-order valence-electron chi connectivity index (χ2n) is 4.11. The molecule has 0 bridgehead atoms. The van der Waals surface area contributed by atoms with Crippen molar-refractivity contribution in [1.29, 1.82) is 0 Å². The van der Waals surface area contributed by atoms with Crippen LogP contribution in [0.3, 0.4) is 0 Å². The predicted molar refractivity (Wildman–Crippen MR) is 64.0 cm³/mol. The van der Waals surface area contributed by atoms with E-state index in [-0.39, 0.29) is 6.10 Å². The van der Waals surface area contributed by atoms with Crippen molar-refractivity contribution in [2.75, 3.05) is 0 Å². The van der Waals surface area contributed by atoms with Crippen molar-refractivity contribution in [3.63, 3.8) is 0 Å². The quantitative estimate of drug-likeness (QED) is 0.860. The van der Waals surface area contributed by atoms with E-state index in [1.54, 1.807) is 0 Å². The van der Waals surface area contributed by atoms with Crippen molar-refractivity contribution in [1.82, 2.24) is 0 Å². The highest BCUT2D eigenvalue weighted by molar-refractivity contribution is 5.81. The summed E-state index contributed by atoms with van der Waals surface area (Å²) >= 11 is 0. The van der Waals surface area contributed by atoms with Crippen LogP contribution in [0.5, 0.6) is 0 Å². The van der Waals surface area contributed by atoms with E-state index >= 15 is 0 Å². The third-order valence-corrected chi connectivity index (χ3v) is 2.48. The van der Waals surface area contributed by atoms with E-state index in [0.29, 0.717) is 13.2 Å².